The van der Waals surface area contributed by atoms with Crippen molar-refractivity contribution in [1.29, 1.82) is 0 Å². The van der Waals surface area contributed by atoms with Crippen LogP contribution in [-0.4, -0.2) is 4.98 Å². The van der Waals surface area contributed by atoms with E-state index < -0.39 is 0 Å². The zero-order valence-corrected chi connectivity index (χ0v) is 10.0. The molecule has 78 valence electrons. The number of benzene rings is 1. The summed E-state index contributed by atoms with van der Waals surface area (Å²) in [5, 5.41) is 6.46. The monoisotopic (exact) mass is 258 g/mol. The zero-order valence-electron chi connectivity index (χ0n) is 7.71. The summed E-state index contributed by atoms with van der Waals surface area (Å²) in [6.07, 6.45) is 0. The molecule has 0 bridgehead atoms. The lowest BCUT2D eigenvalue weighted by atomic mass is 10.3. The highest BCUT2D eigenvalue weighted by Crippen LogP contribution is 2.22. The first kappa shape index (κ1) is 10.7. The molecule has 2 rings (SSSR count). The van der Waals surface area contributed by atoms with Gasteiger partial charge in [0, 0.05) is 21.1 Å². The van der Waals surface area contributed by atoms with Crippen molar-refractivity contribution in [1.82, 2.24) is 4.98 Å². The molecule has 1 heterocycles. The number of nitrogens with zero attached hydrogens (tertiary/aromatic N) is 1. The SMILES string of the molecule is Clc1cc(Cl)cc(NCc2cscn2)c1. The highest BCUT2D eigenvalue weighted by molar-refractivity contribution is 7.07. The molecule has 0 spiro atoms. The standard InChI is InChI=1S/C10H8Cl2N2S/c11-7-1-8(12)3-9(2-7)13-4-10-5-15-6-14-10/h1-3,5-6,13H,4H2. The molecule has 2 aromatic rings. The first-order chi connectivity index (χ1) is 7.24. The van der Waals surface area contributed by atoms with E-state index in [0.29, 0.717) is 16.6 Å². The van der Waals surface area contributed by atoms with Gasteiger partial charge < -0.3 is 5.32 Å². The van der Waals surface area contributed by atoms with Crippen LogP contribution in [0, 0.1) is 0 Å². The zero-order chi connectivity index (χ0) is 10.7. The predicted octanol–water partition coefficient (Wildman–Crippen LogP) is 4.06. The molecular formula is C10H8Cl2N2S. The third-order valence-corrected chi connectivity index (χ3v) is 2.89. The van der Waals surface area contributed by atoms with Crippen molar-refractivity contribution in [3.63, 3.8) is 0 Å². The van der Waals surface area contributed by atoms with Gasteiger partial charge in [-0.1, -0.05) is 23.2 Å². The lowest BCUT2D eigenvalue weighted by Gasteiger charge is -2.05. The molecule has 0 aliphatic heterocycles. The van der Waals surface area contributed by atoms with E-state index in [1.807, 2.05) is 23.0 Å². The first-order valence-corrected chi connectivity index (χ1v) is 6.01. The van der Waals surface area contributed by atoms with Gasteiger partial charge >= 0.3 is 0 Å². The largest absolute Gasteiger partial charge is 0.379 e. The average molecular weight is 259 g/mol. The quantitative estimate of drug-likeness (QED) is 0.898. The van der Waals surface area contributed by atoms with Crippen LogP contribution in [0.15, 0.2) is 29.1 Å². The smallest absolute Gasteiger partial charge is 0.0795 e. The van der Waals surface area contributed by atoms with Gasteiger partial charge in [0.25, 0.3) is 0 Å². The van der Waals surface area contributed by atoms with E-state index in [1.165, 1.54) is 0 Å². The van der Waals surface area contributed by atoms with Gasteiger partial charge in [-0.3, -0.25) is 0 Å². The highest BCUT2D eigenvalue weighted by atomic mass is 35.5. The summed E-state index contributed by atoms with van der Waals surface area (Å²) >= 11 is 13.3. The summed E-state index contributed by atoms with van der Waals surface area (Å²) in [6, 6.07) is 5.37. The van der Waals surface area contributed by atoms with Gasteiger partial charge in [0.05, 0.1) is 17.7 Å². The maximum atomic E-state index is 5.87. The first-order valence-electron chi connectivity index (χ1n) is 4.31. The van der Waals surface area contributed by atoms with Crippen molar-refractivity contribution in [2.24, 2.45) is 0 Å². The molecule has 1 N–H and O–H groups in total. The summed E-state index contributed by atoms with van der Waals surface area (Å²) in [5.41, 5.74) is 3.72. The Bertz CT molecular complexity index is 422. The lowest BCUT2D eigenvalue weighted by Crippen LogP contribution is -1.99. The van der Waals surface area contributed by atoms with Gasteiger partial charge in [0.2, 0.25) is 0 Å². The fourth-order valence-corrected chi connectivity index (χ4v) is 2.26. The van der Waals surface area contributed by atoms with Crippen LogP contribution in [0.2, 0.25) is 10.0 Å². The van der Waals surface area contributed by atoms with Gasteiger partial charge in [0.15, 0.2) is 0 Å². The molecule has 0 saturated heterocycles. The molecule has 5 heteroatoms. The summed E-state index contributed by atoms with van der Waals surface area (Å²) in [6.45, 7) is 0.681. The van der Waals surface area contributed by atoms with Gasteiger partial charge in [0.1, 0.15) is 0 Å². The fourth-order valence-electron chi connectivity index (χ4n) is 1.17. The number of rotatable bonds is 3. The van der Waals surface area contributed by atoms with E-state index in [2.05, 4.69) is 10.3 Å². The molecular weight excluding hydrogens is 251 g/mol. The Hall–Kier alpha value is -0.770. The molecule has 0 unspecified atom stereocenters. The van der Waals surface area contributed by atoms with Crippen molar-refractivity contribution >= 4 is 40.2 Å². The van der Waals surface area contributed by atoms with Crippen molar-refractivity contribution < 1.29 is 0 Å². The lowest BCUT2D eigenvalue weighted by molar-refractivity contribution is 1.07. The minimum Gasteiger partial charge on any atom is -0.379 e. The number of hydrogen-bond acceptors (Lipinski definition) is 3. The summed E-state index contributed by atoms with van der Waals surface area (Å²) in [4.78, 5) is 4.17. The number of aromatic nitrogens is 1. The van der Waals surface area contributed by atoms with Crippen LogP contribution in [0.5, 0.6) is 0 Å². The topological polar surface area (TPSA) is 24.9 Å². The van der Waals surface area contributed by atoms with Crippen LogP contribution in [0.4, 0.5) is 5.69 Å². The molecule has 0 fully saturated rings. The maximum Gasteiger partial charge on any atom is 0.0795 e. The molecule has 1 aromatic carbocycles. The number of thiazole rings is 1. The Morgan fingerprint density at radius 3 is 2.53 bits per heavy atom. The van der Waals surface area contributed by atoms with Crippen molar-refractivity contribution in [3.05, 3.63) is 44.8 Å². The molecule has 0 radical (unpaired) electrons. The molecule has 0 aliphatic rings. The minimum atomic E-state index is 0.628. The molecule has 2 nitrogen and oxygen atoms in total. The predicted molar refractivity (Wildman–Crippen MR) is 65.9 cm³/mol. The highest BCUT2D eigenvalue weighted by Gasteiger charge is 1.99. The fraction of sp³-hybridized carbons (Fsp3) is 0.100. The number of nitrogens with one attached hydrogen (secondary N) is 1. The second-order valence-electron chi connectivity index (χ2n) is 2.99. The molecule has 0 amide bonds. The number of hydrogen-bond donors (Lipinski definition) is 1. The number of anilines is 1. The van der Waals surface area contributed by atoms with E-state index >= 15 is 0 Å². The Morgan fingerprint density at radius 2 is 1.93 bits per heavy atom. The number of halogens is 2. The van der Waals surface area contributed by atoms with Crippen molar-refractivity contribution in [2.75, 3.05) is 5.32 Å². The van der Waals surface area contributed by atoms with Crippen LogP contribution >= 0.6 is 34.5 Å². The Balaban J connectivity index is 2.05. The average Bonchev–Trinajstić information content (AvgIpc) is 2.65. The van der Waals surface area contributed by atoms with Gasteiger partial charge in [-0.05, 0) is 18.2 Å². The molecule has 1 aromatic heterocycles. The molecule has 15 heavy (non-hydrogen) atoms. The van der Waals surface area contributed by atoms with Crippen LogP contribution in [0.1, 0.15) is 5.69 Å². The molecule has 0 saturated carbocycles. The van der Waals surface area contributed by atoms with Crippen molar-refractivity contribution in [3.8, 4) is 0 Å². The van der Waals surface area contributed by atoms with E-state index in [0.717, 1.165) is 11.4 Å². The van der Waals surface area contributed by atoms with E-state index in [-0.39, 0.29) is 0 Å². The van der Waals surface area contributed by atoms with Gasteiger partial charge in [-0.25, -0.2) is 4.98 Å². The maximum absolute atomic E-state index is 5.87. The Morgan fingerprint density at radius 1 is 1.20 bits per heavy atom. The summed E-state index contributed by atoms with van der Waals surface area (Å²) in [5.74, 6) is 0. The van der Waals surface area contributed by atoms with E-state index in [1.54, 1.807) is 17.4 Å². The normalized spacial score (nSPS) is 10.3. The molecule has 0 atom stereocenters. The Labute approximate surface area is 102 Å². The second kappa shape index (κ2) is 4.84. The van der Waals surface area contributed by atoms with Crippen LogP contribution in [-0.2, 0) is 6.54 Å². The summed E-state index contributed by atoms with van der Waals surface area (Å²) < 4.78 is 0. The van der Waals surface area contributed by atoms with E-state index in [4.69, 9.17) is 23.2 Å². The Kier molecular flexibility index (Phi) is 3.46. The van der Waals surface area contributed by atoms with Gasteiger partial charge in [-0.2, -0.15) is 0 Å². The third kappa shape index (κ3) is 3.09. The third-order valence-electron chi connectivity index (χ3n) is 1.82. The summed E-state index contributed by atoms with van der Waals surface area (Å²) in [7, 11) is 0. The molecule has 0 aliphatic carbocycles. The van der Waals surface area contributed by atoms with E-state index in [9.17, 15) is 0 Å². The van der Waals surface area contributed by atoms with Crippen LogP contribution < -0.4 is 5.32 Å². The minimum absolute atomic E-state index is 0.628. The van der Waals surface area contributed by atoms with Crippen LogP contribution in [0.25, 0.3) is 0 Å². The van der Waals surface area contributed by atoms with Gasteiger partial charge in [-0.15, -0.1) is 11.3 Å². The van der Waals surface area contributed by atoms with Crippen molar-refractivity contribution in [2.45, 2.75) is 6.54 Å². The second-order valence-corrected chi connectivity index (χ2v) is 4.58. The van der Waals surface area contributed by atoms with Crippen LogP contribution in [0.3, 0.4) is 0 Å².